The van der Waals surface area contributed by atoms with Crippen molar-refractivity contribution in [2.45, 2.75) is 19.0 Å². The van der Waals surface area contributed by atoms with Crippen molar-refractivity contribution < 1.29 is 17.7 Å². The molecule has 0 saturated carbocycles. The Morgan fingerprint density at radius 3 is 2.79 bits per heavy atom. The van der Waals surface area contributed by atoms with E-state index in [1.54, 1.807) is 17.8 Å². The molecule has 0 fully saturated rings. The van der Waals surface area contributed by atoms with Crippen molar-refractivity contribution in [2.75, 3.05) is 0 Å². The second-order valence-corrected chi connectivity index (χ2v) is 3.97. The van der Waals surface area contributed by atoms with Gasteiger partial charge in [0.15, 0.2) is 5.82 Å². The van der Waals surface area contributed by atoms with E-state index in [1.807, 2.05) is 6.07 Å². The van der Waals surface area contributed by atoms with E-state index in [4.69, 9.17) is 9.78 Å². The van der Waals surface area contributed by atoms with Gasteiger partial charge in [-0.05, 0) is 6.07 Å². The number of alkyl halides is 3. The van der Waals surface area contributed by atoms with E-state index >= 15 is 0 Å². The molecule has 0 amide bonds. The Kier molecular flexibility index (Phi) is 3.29. The van der Waals surface area contributed by atoms with Crippen LogP contribution in [0.15, 0.2) is 16.8 Å². The fraction of sp³-hybridized carbons (Fsp3) is 0.364. The van der Waals surface area contributed by atoms with Crippen molar-refractivity contribution >= 4 is 0 Å². The van der Waals surface area contributed by atoms with Crippen molar-refractivity contribution in [3.05, 3.63) is 23.7 Å². The minimum atomic E-state index is -4.25. The number of halogens is 3. The molecule has 8 heteroatoms. The first-order valence-electron chi connectivity index (χ1n) is 5.35. The minimum Gasteiger partial charge on any atom is -0.345 e. The van der Waals surface area contributed by atoms with Gasteiger partial charge in [0.25, 0.3) is 5.89 Å². The van der Waals surface area contributed by atoms with Crippen LogP contribution < -0.4 is 0 Å². The zero-order valence-corrected chi connectivity index (χ0v) is 9.90. The lowest BCUT2D eigenvalue weighted by atomic mass is 10.3. The fourth-order valence-corrected chi connectivity index (χ4v) is 1.55. The maximum Gasteiger partial charge on any atom is 0.389 e. The zero-order chi connectivity index (χ0) is 14.0. The third-order valence-corrected chi connectivity index (χ3v) is 2.45. The molecule has 5 nitrogen and oxygen atoms in total. The highest BCUT2D eigenvalue weighted by atomic mass is 19.4. The smallest absolute Gasteiger partial charge is 0.345 e. The summed E-state index contributed by atoms with van der Waals surface area (Å²) in [6, 6.07) is 3.48. The molecule has 0 aromatic carbocycles. The molecule has 2 aromatic rings. The van der Waals surface area contributed by atoms with Gasteiger partial charge in [-0.2, -0.15) is 23.4 Å². The summed E-state index contributed by atoms with van der Waals surface area (Å²) in [7, 11) is 1.68. The SMILES string of the molecule is Cn1cc(C#N)cc1-c1nc(CCC(F)(F)F)no1. The molecular formula is C11H9F3N4O. The van der Waals surface area contributed by atoms with Gasteiger partial charge in [0.1, 0.15) is 11.8 Å². The first kappa shape index (κ1) is 13.1. The highest BCUT2D eigenvalue weighted by Crippen LogP contribution is 2.23. The zero-order valence-electron chi connectivity index (χ0n) is 9.90. The Hall–Kier alpha value is -2.30. The average molecular weight is 270 g/mol. The number of nitriles is 1. The first-order valence-corrected chi connectivity index (χ1v) is 5.35. The number of rotatable bonds is 3. The number of nitrogens with zero attached hydrogens (tertiary/aromatic N) is 4. The van der Waals surface area contributed by atoms with Crippen molar-refractivity contribution in [1.82, 2.24) is 14.7 Å². The Morgan fingerprint density at radius 2 is 2.21 bits per heavy atom. The lowest BCUT2D eigenvalue weighted by molar-refractivity contribution is -0.134. The molecule has 0 aliphatic heterocycles. The first-order chi connectivity index (χ1) is 8.89. The number of hydrogen-bond acceptors (Lipinski definition) is 4. The van der Waals surface area contributed by atoms with Gasteiger partial charge < -0.3 is 9.09 Å². The van der Waals surface area contributed by atoms with Gasteiger partial charge >= 0.3 is 6.18 Å². The molecule has 0 saturated heterocycles. The van der Waals surface area contributed by atoms with E-state index in [-0.39, 0.29) is 18.1 Å². The van der Waals surface area contributed by atoms with Gasteiger partial charge in [-0.3, -0.25) is 0 Å². The van der Waals surface area contributed by atoms with E-state index in [0.29, 0.717) is 11.3 Å². The summed E-state index contributed by atoms with van der Waals surface area (Å²) in [5.74, 6) is 0.0909. The fourth-order valence-electron chi connectivity index (χ4n) is 1.55. The van der Waals surface area contributed by atoms with E-state index < -0.39 is 12.6 Å². The van der Waals surface area contributed by atoms with Gasteiger partial charge in [-0.15, -0.1) is 0 Å². The number of hydrogen-bond donors (Lipinski definition) is 0. The lowest BCUT2D eigenvalue weighted by Crippen LogP contribution is -2.09. The molecule has 0 atom stereocenters. The highest BCUT2D eigenvalue weighted by Gasteiger charge is 2.27. The molecule has 0 unspecified atom stereocenters. The van der Waals surface area contributed by atoms with E-state index in [1.165, 1.54) is 6.07 Å². The van der Waals surface area contributed by atoms with Crippen LogP contribution in [-0.4, -0.2) is 20.9 Å². The number of aryl methyl sites for hydroxylation is 2. The van der Waals surface area contributed by atoms with E-state index in [0.717, 1.165) is 0 Å². The van der Waals surface area contributed by atoms with Gasteiger partial charge in [-0.1, -0.05) is 5.16 Å². The summed E-state index contributed by atoms with van der Waals surface area (Å²) < 4.78 is 42.7. The molecule has 2 heterocycles. The second-order valence-electron chi connectivity index (χ2n) is 3.97. The van der Waals surface area contributed by atoms with Crippen LogP contribution in [0.1, 0.15) is 17.8 Å². The predicted molar refractivity (Wildman–Crippen MR) is 57.8 cm³/mol. The van der Waals surface area contributed by atoms with Crippen LogP contribution in [0.25, 0.3) is 11.6 Å². The van der Waals surface area contributed by atoms with Crippen molar-refractivity contribution in [1.29, 1.82) is 5.26 Å². The van der Waals surface area contributed by atoms with Crippen molar-refractivity contribution in [3.8, 4) is 17.7 Å². The third kappa shape index (κ3) is 3.13. The molecule has 0 aliphatic carbocycles. The molecule has 100 valence electrons. The molecule has 0 aliphatic rings. The molecule has 19 heavy (non-hydrogen) atoms. The maximum absolute atomic E-state index is 12.1. The Balaban J connectivity index is 2.17. The lowest BCUT2D eigenvalue weighted by Gasteiger charge is -2.01. The summed E-state index contributed by atoms with van der Waals surface area (Å²) in [5, 5.41) is 12.2. The van der Waals surface area contributed by atoms with Gasteiger partial charge in [0.05, 0.1) is 12.0 Å². The highest BCUT2D eigenvalue weighted by molar-refractivity contribution is 5.52. The Bertz CT molecular complexity index is 621. The van der Waals surface area contributed by atoms with Gasteiger partial charge in [-0.25, -0.2) is 0 Å². The monoisotopic (exact) mass is 270 g/mol. The van der Waals surface area contributed by atoms with Crippen LogP contribution in [0.2, 0.25) is 0 Å². The van der Waals surface area contributed by atoms with Crippen LogP contribution in [0, 0.1) is 11.3 Å². The van der Waals surface area contributed by atoms with E-state index in [9.17, 15) is 13.2 Å². The summed E-state index contributed by atoms with van der Waals surface area (Å²) in [6.07, 6.45) is -4.01. The quantitative estimate of drug-likeness (QED) is 0.859. The summed E-state index contributed by atoms with van der Waals surface area (Å²) in [5.41, 5.74) is 0.898. The van der Waals surface area contributed by atoms with Crippen LogP contribution in [-0.2, 0) is 13.5 Å². The molecule has 2 rings (SSSR count). The summed E-state index contributed by atoms with van der Waals surface area (Å²) in [6.45, 7) is 0. The predicted octanol–water partition coefficient (Wildman–Crippen LogP) is 2.44. The molecular weight excluding hydrogens is 261 g/mol. The molecule has 0 bridgehead atoms. The van der Waals surface area contributed by atoms with Crippen LogP contribution >= 0.6 is 0 Å². The number of aromatic nitrogens is 3. The molecule has 2 aromatic heterocycles. The van der Waals surface area contributed by atoms with Crippen LogP contribution in [0.3, 0.4) is 0 Å². The summed E-state index contributed by atoms with van der Waals surface area (Å²) in [4.78, 5) is 3.88. The second kappa shape index (κ2) is 4.76. The molecule has 0 spiro atoms. The maximum atomic E-state index is 12.1. The van der Waals surface area contributed by atoms with Gasteiger partial charge in [0.2, 0.25) is 0 Å². The Morgan fingerprint density at radius 1 is 1.47 bits per heavy atom. The van der Waals surface area contributed by atoms with Crippen molar-refractivity contribution in [2.24, 2.45) is 7.05 Å². The topological polar surface area (TPSA) is 67.6 Å². The van der Waals surface area contributed by atoms with Crippen molar-refractivity contribution in [3.63, 3.8) is 0 Å². The third-order valence-electron chi connectivity index (χ3n) is 2.45. The van der Waals surface area contributed by atoms with Crippen LogP contribution in [0.5, 0.6) is 0 Å². The molecule has 0 radical (unpaired) electrons. The largest absolute Gasteiger partial charge is 0.389 e. The average Bonchev–Trinajstić information content (AvgIpc) is 2.91. The minimum absolute atomic E-state index is 0.00738. The standard InChI is InChI=1S/C11H9F3N4O/c1-18-6-7(5-15)4-8(18)10-16-9(17-19-10)2-3-11(12,13)14/h4,6H,2-3H2,1H3. The Labute approximate surface area is 106 Å². The van der Waals surface area contributed by atoms with Crippen LogP contribution in [0.4, 0.5) is 13.2 Å². The van der Waals surface area contributed by atoms with Gasteiger partial charge in [0, 0.05) is 19.7 Å². The van der Waals surface area contributed by atoms with E-state index in [2.05, 4.69) is 10.1 Å². The molecule has 0 N–H and O–H groups in total. The normalized spacial score (nSPS) is 11.5. The summed E-state index contributed by atoms with van der Waals surface area (Å²) >= 11 is 0.